The van der Waals surface area contributed by atoms with Crippen LogP contribution in [0.3, 0.4) is 0 Å². The van der Waals surface area contributed by atoms with E-state index in [0.29, 0.717) is 16.7 Å². The zero-order valence-corrected chi connectivity index (χ0v) is 21.8. The maximum absolute atomic E-state index is 13.9. The SMILES string of the molecule is CCOC(=O)c1ccc(-c2cn(C(=O)OC(C)(C)C)c3cc(OCc4ccccc4)ccc23)nc1C(F)(F)F. The van der Waals surface area contributed by atoms with Gasteiger partial charge in [0, 0.05) is 23.2 Å². The van der Waals surface area contributed by atoms with Crippen molar-refractivity contribution in [1.29, 1.82) is 0 Å². The second-order valence-corrected chi connectivity index (χ2v) is 9.66. The largest absolute Gasteiger partial charge is 0.489 e. The molecule has 0 bridgehead atoms. The van der Waals surface area contributed by atoms with Crippen LogP contribution < -0.4 is 4.74 Å². The third-order valence-electron chi connectivity index (χ3n) is 5.55. The second-order valence-electron chi connectivity index (χ2n) is 9.66. The van der Waals surface area contributed by atoms with Crippen molar-refractivity contribution in [1.82, 2.24) is 9.55 Å². The lowest BCUT2D eigenvalue weighted by Gasteiger charge is -2.19. The zero-order valence-electron chi connectivity index (χ0n) is 21.8. The summed E-state index contributed by atoms with van der Waals surface area (Å²) in [6.07, 6.45) is -4.27. The number of halogens is 3. The Morgan fingerprint density at radius 1 is 0.974 bits per heavy atom. The molecule has 0 fully saturated rings. The molecule has 0 saturated heterocycles. The van der Waals surface area contributed by atoms with Crippen LogP contribution in [-0.2, 0) is 22.3 Å². The number of alkyl halides is 3. The number of esters is 1. The average Bonchev–Trinajstić information content (AvgIpc) is 3.25. The van der Waals surface area contributed by atoms with Crippen molar-refractivity contribution >= 4 is 23.0 Å². The van der Waals surface area contributed by atoms with E-state index in [1.54, 1.807) is 39.0 Å². The smallest absolute Gasteiger partial charge is 0.434 e. The fourth-order valence-electron chi connectivity index (χ4n) is 3.90. The van der Waals surface area contributed by atoms with Crippen LogP contribution >= 0.6 is 0 Å². The Balaban J connectivity index is 1.82. The quantitative estimate of drug-likeness (QED) is 0.240. The first-order chi connectivity index (χ1) is 18.4. The minimum absolute atomic E-state index is 0.0827. The lowest BCUT2D eigenvalue weighted by Crippen LogP contribution is -2.26. The van der Waals surface area contributed by atoms with E-state index in [9.17, 15) is 22.8 Å². The molecule has 0 N–H and O–H groups in total. The van der Waals surface area contributed by atoms with Gasteiger partial charge in [-0.15, -0.1) is 0 Å². The monoisotopic (exact) mass is 540 g/mol. The van der Waals surface area contributed by atoms with Gasteiger partial charge in [0.25, 0.3) is 0 Å². The van der Waals surface area contributed by atoms with Crippen LogP contribution in [0.15, 0.2) is 66.9 Å². The molecule has 0 spiro atoms. The molecule has 0 atom stereocenters. The van der Waals surface area contributed by atoms with Gasteiger partial charge in [-0.3, -0.25) is 4.57 Å². The molecule has 7 nitrogen and oxygen atoms in total. The average molecular weight is 541 g/mol. The second kappa shape index (κ2) is 10.8. The van der Waals surface area contributed by atoms with E-state index < -0.39 is 35.1 Å². The number of pyridine rings is 1. The molecule has 39 heavy (non-hydrogen) atoms. The highest BCUT2D eigenvalue weighted by Gasteiger charge is 2.38. The number of fused-ring (bicyclic) bond motifs is 1. The van der Waals surface area contributed by atoms with Crippen LogP contribution in [0.5, 0.6) is 5.75 Å². The molecule has 4 rings (SSSR count). The lowest BCUT2D eigenvalue weighted by molar-refractivity contribution is -0.141. The van der Waals surface area contributed by atoms with Gasteiger partial charge in [0.2, 0.25) is 0 Å². The van der Waals surface area contributed by atoms with Gasteiger partial charge in [-0.1, -0.05) is 30.3 Å². The molecular weight excluding hydrogens is 513 g/mol. The standard InChI is InChI=1S/C29H27F3N2O5/c1-5-37-26(35)21-13-14-23(33-25(21)29(30,31)32)22-16-34(27(36)39-28(2,3)4)24-15-19(11-12-20(22)24)38-17-18-9-7-6-8-10-18/h6-16H,5,17H2,1-4H3. The summed E-state index contributed by atoms with van der Waals surface area (Å²) in [5.41, 5.74) is -1.44. The Hall–Kier alpha value is -4.34. The number of ether oxygens (including phenoxy) is 3. The van der Waals surface area contributed by atoms with Gasteiger partial charge < -0.3 is 14.2 Å². The normalized spacial score (nSPS) is 11.9. The Bertz CT molecular complexity index is 1510. The first kappa shape index (κ1) is 27.7. The molecule has 204 valence electrons. The highest BCUT2D eigenvalue weighted by molar-refractivity contribution is 6.01. The summed E-state index contributed by atoms with van der Waals surface area (Å²) >= 11 is 0. The Morgan fingerprint density at radius 2 is 1.69 bits per heavy atom. The Labute approximate surface area is 223 Å². The van der Waals surface area contributed by atoms with Crippen molar-refractivity contribution < 1.29 is 37.0 Å². The molecule has 0 amide bonds. The van der Waals surface area contributed by atoms with E-state index in [2.05, 4.69) is 4.98 Å². The number of rotatable bonds is 6. The number of carbonyl (C=O) groups excluding carboxylic acids is 2. The summed E-state index contributed by atoms with van der Waals surface area (Å²) in [5.74, 6) is -0.678. The molecule has 10 heteroatoms. The van der Waals surface area contributed by atoms with Gasteiger partial charge in [0.15, 0.2) is 5.69 Å². The van der Waals surface area contributed by atoms with Crippen molar-refractivity contribution in [2.75, 3.05) is 6.61 Å². The van der Waals surface area contributed by atoms with Crippen LogP contribution in [0.25, 0.3) is 22.2 Å². The van der Waals surface area contributed by atoms with Crippen LogP contribution in [0.1, 0.15) is 49.3 Å². The third-order valence-corrected chi connectivity index (χ3v) is 5.55. The molecule has 4 aromatic rings. The van der Waals surface area contributed by atoms with Gasteiger partial charge in [0.1, 0.15) is 18.0 Å². The number of benzene rings is 2. The number of carbonyl (C=O) groups is 2. The van der Waals surface area contributed by atoms with E-state index in [1.807, 2.05) is 30.3 Å². The summed E-state index contributed by atoms with van der Waals surface area (Å²) in [5, 5.41) is 0.442. The van der Waals surface area contributed by atoms with Crippen LogP contribution in [-0.4, -0.2) is 33.8 Å². The fourth-order valence-corrected chi connectivity index (χ4v) is 3.90. The first-order valence-electron chi connectivity index (χ1n) is 12.2. The topological polar surface area (TPSA) is 79.7 Å². The van der Waals surface area contributed by atoms with E-state index in [4.69, 9.17) is 14.2 Å². The summed E-state index contributed by atoms with van der Waals surface area (Å²) in [7, 11) is 0. The molecule has 0 saturated carbocycles. The van der Waals surface area contributed by atoms with Gasteiger partial charge in [-0.25, -0.2) is 14.6 Å². The Morgan fingerprint density at radius 3 is 2.33 bits per heavy atom. The van der Waals surface area contributed by atoms with Crippen LogP contribution in [0.4, 0.5) is 18.0 Å². The maximum Gasteiger partial charge on any atom is 0.434 e. The van der Waals surface area contributed by atoms with E-state index in [-0.39, 0.29) is 24.5 Å². The molecule has 0 radical (unpaired) electrons. The van der Waals surface area contributed by atoms with Crippen molar-refractivity contribution in [3.63, 3.8) is 0 Å². The summed E-state index contributed by atoms with van der Waals surface area (Å²) in [6, 6.07) is 16.7. The molecule has 0 aliphatic rings. The molecule has 0 aliphatic carbocycles. The summed E-state index contributed by atoms with van der Waals surface area (Å²) in [4.78, 5) is 29.0. The first-order valence-corrected chi connectivity index (χ1v) is 12.2. The molecule has 0 unspecified atom stereocenters. The van der Waals surface area contributed by atoms with Crippen molar-refractivity contribution in [3.8, 4) is 17.0 Å². The minimum atomic E-state index is -4.92. The van der Waals surface area contributed by atoms with Crippen molar-refractivity contribution in [2.45, 2.75) is 46.1 Å². The maximum atomic E-state index is 13.9. The fraction of sp³-hybridized carbons (Fsp3) is 0.276. The van der Waals surface area contributed by atoms with Gasteiger partial charge in [-0.05, 0) is 57.5 Å². The van der Waals surface area contributed by atoms with E-state index in [1.165, 1.54) is 23.8 Å². The number of aromatic nitrogens is 2. The number of nitrogens with zero attached hydrogens (tertiary/aromatic N) is 2. The highest BCUT2D eigenvalue weighted by atomic mass is 19.4. The number of hydrogen-bond donors (Lipinski definition) is 0. The molecule has 2 aromatic carbocycles. The van der Waals surface area contributed by atoms with E-state index >= 15 is 0 Å². The molecule has 2 heterocycles. The van der Waals surface area contributed by atoms with Crippen LogP contribution in [0.2, 0.25) is 0 Å². The lowest BCUT2D eigenvalue weighted by atomic mass is 10.1. The Kier molecular flexibility index (Phi) is 7.67. The van der Waals surface area contributed by atoms with Crippen LogP contribution in [0, 0.1) is 0 Å². The highest BCUT2D eigenvalue weighted by Crippen LogP contribution is 2.37. The third kappa shape index (κ3) is 6.39. The van der Waals surface area contributed by atoms with Gasteiger partial charge in [-0.2, -0.15) is 13.2 Å². The van der Waals surface area contributed by atoms with Crippen molar-refractivity contribution in [2.24, 2.45) is 0 Å². The zero-order chi connectivity index (χ0) is 28.4. The minimum Gasteiger partial charge on any atom is -0.489 e. The molecule has 0 aliphatic heterocycles. The molecular formula is C29H27F3N2O5. The van der Waals surface area contributed by atoms with Crippen molar-refractivity contribution in [3.05, 3.63) is 83.7 Å². The van der Waals surface area contributed by atoms with Gasteiger partial charge in [0.05, 0.1) is 23.4 Å². The summed E-state index contributed by atoms with van der Waals surface area (Å²) in [6.45, 7) is 6.80. The van der Waals surface area contributed by atoms with Gasteiger partial charge >= 0.3 is 18.2 Å². The van der Waals surface area contributed by atoms with E-state index in [0.717, 1.165) is 11.6 Å². The molecule has 2 aromatic heterocycles. The number of hydrogen-bond acceptors (Lipinski definition) is 6. The predicted molar refractivity (Wildman–Crippen MR) is 139 cm³/mol. The predicted octanol–water partition coefficient (Wildman–Crippen LogP) is 7.26. The summed E-state index contributed by atoms with van der Waals surface area (Å²) < 4.78 is 59.1.